The molecule has 1 aliphatic carbocycles. The molecule has 0 aromatic rings. The van der Waals surface area contributed by atoms with Gasteiger partial charge >= 0.3 is 0 Å². The van der Waals surface area contributed by atoms with Crippen molar-refractivity contribution in [3.05, 3.63) is 0 Å². The molecular formula is C11H23NO2. The normalized spacial score (nSPS) is 17.4. The molecule has 0 unspecified atom stereocenters. The monoisotopic (exact) mass is 201 g/mol. The third kappa shape index (κ3) is 9.52. The van der Waals surface area contributed by atoms with Crippen LogP contribution in [0.15, 0.2) is 0 Å². The van der Waals surface area contributed by atoms with Gasteiger partial charge in [-0.05, 0) is 12.8 Å². The number of carbonyl (C=O) groups is 1. The number of carboxylic acids is 1. The van der Waals surface area contributed by atoms with Gasteiger partial charge in [0.25, 0.3) is 5.97 Å². The van der Waals surface area contributed by atoms with Gasteiger partial charge in [-0.25, -0.2) is 0 Å². The number of aliphatic carboxylic acids is 1. The van der Waals surface area contributed by atoms with Crippen LogP contribution in [-0.2, 0) is 4.79 Å². The quantitative estimate of drug-likeness (QED) is 0.721. The SMILES string of the molecule is CC(=O)O.CC(C)NC1CCCCC1. The first-order chi connectivity index (χ1) is 6.52. The van der Waals surface area contributed by atoms with Gasteiger partial charge in [-0.2, -0.15) is 0 Å². The fourth-order valence-electron chi connectivity index (χ4n) is 1.74. The molecule has 1 fully saturated rings. The lowest BCUT2D eigenvalue weighted by atomic mass is 9.95. The molecule has 1 saturated carbocycles. The van der Waals surface area contributed by atoms with E-state index < -0.39 is 5.97 Å². The Bertz CT molecular complexity index is 147. The highest BCUT2D eigenvalue weighted by Gasteiger charge is 2.12. The third-order valence-corrected chi connectivity index (χ3v) is 2.17. The predicted molar refractivity (Wildman–Crippen MR) is 58.5 cm³/mol. The van der Waals surface area contributed by atoms with Crippen LogP contribution in [0.1, 0.15) is 52.9 Å². The molecule has 0 saturated heterocycles. The molecule has 3 heteroatoms. The Morgan fingerprint density at radius 3 is 2.07 bits per heavy atom. The molecule has 0 heterocycles. The van der Waals surface area contributed by atoms with Gasteiger partial charge in [-0.15, -0.1) is 0 Å². The van der Waals surface area contributed by atoms with Crippen LogP contribution in [0.4, 0.5) is 0 Å². The maximum absolute atomic E-state index is 9.00. The molecule has 14 heavy (non-hydrogen) atoms. The summed E-state index contributed by atoms with van der Waals surface area (Å²) in [5.74, 6) is -0.833. The van der Waals surface area contributed by atoms with Crippen LogP contribution in [0.3, 0.4) is 0 Å². The van der Waals surface area contributed by atoms with Crippen molar-refractivity contribution in [2.24, 2.45) is 0 Å². The van der Waals surface area contributed by atoms with Crippen molar-refractivity contribution in [2.45, 2.75) is 65.0 Å². The number of rotatable bonds is 2. The lowest BCUT2D eigenvalue weighted by molar-refractivity contribution is -0.134. The average molecular weight is 201 g/mol. The molecule has 2 N–H and O–H groups in total. The molecule has 0 atom stereocenters. The average Bonchev–Trinajstić information content (AvgIpc) is 2.03. The fourth-order valence-corrected chi connectivity index (χ4v) is 1.74. The van der Waals surface area contributed by atoms with Crippen LogP contribution in [0.5, 0.6) is 0 Å². The second-order valence-electron chi connectivity index (χ2n) is 4.18. The lowest BCUT2D eigenvalue weighted by Crippen LogP contribution is -2.35. The van der Waals surface area contributed by atoms with Gasteiger partial charge < -0.3 is 10.4 Å². The van der Waals surface area contributed by atoms with Gasteiger partial charge in [0, 0.05) is 19.0 Å². The Balaban J connectivity index is 0.000000364. The highest BCUT2D eigenvalue weighted by Crippen LogP contribution is 2.17. The summed E-state index contributed by atoms with van der Waals surface area (Å²) in [5.41, 5.74) is 0. The van der Waals surface area contributed by atoms with Gasteiger partial charge in [0.1, 0.15) is 0 Å². The second-order valence-corrected chi connectivity index (χ2v) is 4.18. The summed E-state index contributed by atoms with van der Waals surface area (Å²) in [7, 11) is 0. The van der Waals surface area contributed by atoms with E-state index in [0.717, 1.165) is 13.0 Å². The minimum Gasteiger partial charge on any atom is -0.481 e. The largest absolute Gasteiger partial charge is 0.481 e. The first-order valence-corrected chi connectivity index (χ1v) is 5.48. The molecule has 0 bridgehead atoms. The molecule has 0 aromatic heterocycles. The van der Waals surface area contributed by atoms with Gasteiger partial charge in [0.2, 0.25) is 0 Å². The molecule has 1 aliphatic rings. The Morgan fingerprint density at radius 1 is 1.29 bits per heavy atom. The molecule has 0 amide bonds. The number of carboxylic acid groups (broad SMARTS) is 1. The summed E-state index contributed by atoms with van der Waals surface area (Å²) in [5, 5.41) is 11.0. The topological polar surface area (TPSA) is 49.3 Å². The van der Waals surface area contributed by atoms with Gasteiger partial charge in [-0.1, -0.05) is 33.1 Å². The summed E-state index contributed by atoms with van der Waals surface area (Å²) >= 11 is 0. The summed E-state index contributed by atoms with van der Waals surface area (Å²) in [6.07, 6.45) is 7.13. The van der Waals surface area contributed by atoms with E-state index in [4.69, 9.17) is 9.90 Å². The van der Waals surface area contributed by atoms with Crippen LogP contribution < -0.4 is 5.32 Å². The van der Waals surface area contributed by atoms with E-state index in [1.807, 2.05) is 0 Å². The van der Waals surface area contributed by atoms with Gasteiger partial charge in [-0.3, -0.25) is 4.79 Å². The van der Waals surface area contributed by atoms with E-state index in [1.54, 1.807) is 0 Å². The van der Waals surface area contributed by atoms with Crippen molar-refractivity contribution in [1.29, 1.82) is 0 Å². The lowest BCUT2D eigenvalue weighted by Gasteiger charge is -2.24. The summed E-state index contributed by atoms with van der Waals surface area (Å²) in [4.78, 5) is 9.00. The van der Waals surface area contributed by atoms with E-state index >= 15 is 0 Å². The smallest absolute Gasteiger partial charge is 0.300 e. The first kappa shape index (κ1) is 13.4. The van der Waals surface area contributed by atoms with Crippen molar-refractivity contribution in [3.8, 4) is 0 Å². The molecule has 1 rings (SSSR count). The minimum atomic E-state index is -0.833. The Morgan fingerprint density at radius 2 is 1.71 bits per heavy atom. The predicted octanol–water partition coefficient (Wildman–Crippen LogP) is 2.41. The van der Waals surface area contributed by atoms with E-state index in [9.17, 15) is 0 Å². The minimum absolute atomic E-state index is 0.670. The van der Waals surface area contributed by atoms with E-state index in [-0.39, 0.29) is 0 Å². The van der Waals surface area contributed by atoms with E-state index in [0.29, 0.717) is 6.04 Å². The number of hydrogen-bond acceptors (Lipinski definition) is 2. The van der Waals surface area contributed by atoms with Crippen LogP contribution in [-0.4, -0.2) is 23.2 Å². The Labute approximate surface area is 86.9 Å². The molecular weight excluding hydrogens is 178 g/mol. The maximum atomic E-state index is 9.00. The van der Waals surface area contributed by atoms with Crippen LogP contribution in [0, 0.1) is 0 Å². The zero-order valence-electron chi connectivity index (χ0n) is 9.55. The molecule has 0 aromatic carbocycles. The first-order valence-electron chi connectivity index (χ1n) is 5.48. The highest BCUT2D eigenvalue weighted by atomic mass is 16.4. The Hall–Kier alpha value is -0.570. The van der Waals surface area contributed by atoms with E-state index in [2.05, 4.69) is 19.2 Å². The molecule has 84 valence electrons. The van der Waals surface area contributed by atoms with Crippen LogP contribution in [0.25, 0.3) is 0 Å². The molecule has 0 aliphatic heterocycles. The zero-order chi connectivity index (χ0) is 11.0. The Kier molecular flexibility index (Phi) is 7.48. The number of nitrogens with one attached hydrogen (secondary N) is 1. The maximum Gasteiger partial charge on any atom is 0.300 e. The summed E-state index contributed by atoms with van der Waals surface area (Å²) < 4.78 is 0. The van der Waals surface area contributed by atoms with Crippen molar-refractivity contribution in [1.82, 2.24) is 5.32 Å². The summed E-state index contributed by atoms with van der Waals surface area (Å²) in [6.45, 7) is 5.54. The van der Waals surface area contributed by atoms with Crippen LogP contribution >= 0.6 is 0 Å². The van der Waals surface area contributed by atoms with Crippen molar-refractivity contribution >= 4 is 5.97 Å². The van der Waals surface area contributed by atoms with E-state index in [1.165, 1.54) is 32.1 Å². The molecule has 3 nitrogen and oxygen atoms in total. The fraction of sp³-hybridized carbons (Fsp3) is 0.909. The van der Waals surface area contributed by atoms with Gasteiger partial charge in [0.05, 0.1) is 0 Å². The molecule has 0 spiro atoms. The van der Waals surface area contributed by atoms with Crippen molar-refractivity contribution in [3.63, 3.8) is 0 Å². The molecule has 0 radical (unpaired) electrons. The van der Waals surface area contributed by atoms with Gasteiger partial charge in [0.15, 0.2) is 0 Å². The second kappa shape index (κ2) is 7.80. The number of hydrogen-bond donors (Lipinski definition) is 2. The van der Waals surface area contributed by atoms with Crippen molar-refractivity contribution in [2.75, 3.05) is 0 Å². The third-order valence-electron chi connectivity index (χ3n) is 2.17. The van der Waals surface area contributed by atoms with Crippen LogP contribution in [0.2, 0.25) is 0 Å². The summed E-state index contributed by atoms with van der Waals surface area (Å²) in [6, 6.07) is 1.50. The van der Waals surface area contributed by atoms with Crippen molar-refractivity contribution < 1.29 is 9.90 Å². The standard InChI is InChI=1S/C9H19N.C2H4O2/c1-8(2)10-9-6-4-3-5-7-9;1-2(3)4/h8-10H,3-7H2,1-2H3;1H3,(H,3,4). The zero-order valence-corrected chi connectivity index (χ0v) is 9.55. The highest BCUT2D eigenvalue weighted by molar-refractivity contribution is 5.62.